The van der Waals surface area contributed by atoms with E-state index in [0.717, 1.165) is 12.8 Å². The van der Waals surface area contributed by atoms with Crippen LogP contribution in [0.1, 0.15) is 24.0 Å². The number of benzene rings is 2. The molecule has 0 radical (unpaired) electrons. The minimum absolute atomic E-state index is 0.00945. The quantitative estimate of drug-likeness (QED) is 0.501. The number of hydrogen-bond acceptors (Lipinski definition) is 3. The standard InChI is InChI=1S/C20H15Cl3N2O2/c21-14-4-7-19(27-11-16-17(22)2-1-3-18(16)23)12(9-14)8-13(10-24)20(26)25-15-5-6-15/h1-4,7-9,15H,5-6,11H2,(H,25,26)/b13-8+. The lowest BCUT2D eigenvalue weighted by molar-refractivity contribution is -0.117. The number of nitrogens with one attached hydrogen (secondary N) is 1. The maximum Gasteiger partial charge on any atom is 0.262 e. The molecule has 1 amide bonds. The molecule has 1 N–H and O–H groups in total. The van der Waals surface area contributed by atoms with Gasteiger partial charge >= 0.3 is 0 Å². The second-order valence-corrected chi connectivity index (χ2v) is 7.34. The monoisotopic (exact) mass is 420 g/mol. The Hall–Kier alpha value is -2.19. The predicted molar refractivity (Wildman–Crippen MR) is 107 cm³/mol. The smallest absolute Gasteiger partial charge is 0.262 e. The number of nitrogens with zero attached hydrogens (tertiary/aromatic N) is 1. The highest BCUT2D eigenvalue weighted by Gasteiger charge is 2.25. The molecule has 0 bridgehead atoms. The summed E-state index contributed by atoms with van der Waals surface area (Å²) >= 11 is 18.4. The Morgan fingerprint density at radius 3 is 2.56 bits per heavy atom. The molecule has 2 aromatic rings. The van der Waals surface area contributed by atoms with Gasteiger partial charge in [-0.3, -0.25) is 4.79 Å². The van der Waals surface area contributed by atoms with Crippen LogP contribution in [0.25, 0.3) is 6.08 Å². The fraction of sp³-hybridized carbons (Fsp3) is 0.200. The van der Waals surface area contributed by atoms with E-state index in [-0.39, 0.29) is 18.2 Å². The van der Waals surface area contributed by atoms with Crippen LogP contribution in [-0.2, 0) is 11.4 Å². The molecule has 0 aliphatic heterocycles. The van der Waals surface area contributed by atoms with Crippen molar-refractivity contribution in [3.05, 3.63) is 68.2 Å². The number of halogens is 3. The van der Waals surface area contributed by atoms with Crippen molar-refractivity contribution in [1.82, 2.24) is 5.32 Å². The van der Waals surface area contributed by atoms with Crippen molar-refractivity contribution >= 4 is 46.8 Å². The third kappa shape index (κ3) is 5.17. The number of amides is 1. The van der Waals surface area contributed by atoms with Gasteiger partial charge in [0.1, 0.15) is 24.0 Å². The number of carbonyl (C=O) groups is 1. The van der Waals surface area contributed by atoms with Gasteiger partial charge in [-0.25, -0.2) is 0 Å². The Kier molecular flexibility index (Phi) is 6.28. The Morgan fingerprint density at radius 1 is 1.22 bits per heavy atom. The van der Waals surface area contributed by atoms with Crippen molar-refractivity contribution in [1.29, 1.82) is 5.26 Å². The largest absolute Gasteiger partial charge is 0.488 e. The summed E-state index contributed by atoms with van der Waals surface area (Å²) < 4.78 is 5.85. The van der Waals surface area contributed by atoms with Gasteiger partial charge in [-0.2, -0.15) is 5.26 Å². The van der Waals surface area contributed by atoms with Crippen molar-refractivity contribution < 1.29 is 9.53 Å². The summed E-state index contributed by atoms with van der Waals surface area (Å²) in [5.41, 5.74) is 1.16. The molecule has 27 heavy (non-hydrogen) atoms. The first-order valence-corrected chi connectivity index (χ1v) is 9.39. The van der Waals surface area contributed by atoms with Crippen molar-refractivity contribution in [3.63, 3.8) is 0 Å². The van der Waals surface area contributed by atoms with Crippen LogP contribution in [-0.4, -0.2) is 11.9 Å². The molecule has 0 spiro atoms. The van der Waals surface area contributed by atoms with E-state index >= 15 is 0 Å². The number of hydrogen-bond donors (Lipinski definition) is 1. The lowest BCUT2D eigenvalue weighted by Crippen LogP contribution is -2.26. The fourth-order valence-corrected chi connectivity index (χ4v) is 3.07. The van der Waals surface area contributed by atoms with Crippen LogP contribution in [0.4, 0.5) is 0 Å². The minimum Gasteiger partial charge on any atom is -0.488 e. The van der Waals surface area contributed by atoms with Gasteiger partial charge in [0.05, 0.1) is 0 Å². The van der Waals surface area contributed by atoms with Crippen LogP contribution in [0.3, 0.4) is 0 Å². The molecule has 0 aromatic heterocycles. The second kappa shape index (κ2) is 8.67. The summed E-state index contributed by atoms with van der Waals surface area (Å²) in [6, 6.07) is 12.3. The Balaban J connectivity index is 1.85. The molecule has 1 saturated carbocycles. The summed E-state index contributed by atoms with van der Waals surface area (Å²) in [4.78, 5) is 12.2. The Bertz CT molecular complexity index is 926. The van der Waals surface area contributed by atoms with Crippen molar-refractivity contribution in [2.75, 3.05) is 0 Å². The number of carbonyl (C=O) groups excluding carboxylic acids is 1. The van der Waals surface area contributed by atoms with Crippen LogP contribution in [0.5, 0.6) is 5.75 Å². The molecule has 4 nitrogen and oxygen atoms in total. The SMILES string of the molecule is N#C/C(=C\c1cc(Cl)ccc1OCc1c(Cl)cccc1Cl)C(=O)NC1CC1. The summed E-state index contributed by atoms with van der Waals surface area (Å²) in [6.07, 6.45) is 3.34. The summed E-state index contributed by atoms with van der Waals surface area (Å²) in [6.45, 7) is 0.136. The molecule has 0 saturated heterocycles. The molecule has 1 aliphatic rings. The molecule has 0 atom stereocenters. The van der Waals surface area contributed by atoms with E-state index in [1.54, 1.807) is 36.4 Å². The average Bonchev–Trinajstić information content (AvgIpc) is 3.44. The highest BCUT2D eigenvalue weighted by atomic mass is 35.5. The van der Waals surface area contributed by atoms with Gasteiger partial charge in [0, 0.05) is 32.2 Å². The maximum atomic E-state index is 12.2. The van der Waals surface area contributed by atoms with Gasteiger partial charge in [-0.05, 0) is 49.2 Å². The van der Waals surface area contributed by atoms with Gasteiger partial charge in [-0.1, -0.05) is 40.9 Å². The molecule has 2 aromatic carbocycles. The van der Waals surface area contributed by atoms with Crippen LogP contribution in [0.2, 0.25) is 15.1 Å². The van der Waals surface area contributed by atoms with E-state index in [1.807, 2.05) is 6.07 Å². The fourth-order valence-electron chi connectivity index (χ4n) is 2.38. The van der Waals surface area contributed by atoms with Crippen LogP contribution in [0.15, 0.2) is 42.0 Å². The first kappa shape index (κ1) is 19.6. The average molecular weight is 422 g/mol. The molecule has 1 fully saturated rings. The molecule has 0 unspecified atom stereocenters. The molecule has 0 heterocycles. The van der Waals surface area contributed by atoms with Crippen LogP contribution >= 0.6 is 34.8 Å². The zero-order valence-electron chi connectivity index (χ0n) is 14.1. The third-order valence-electron chi connectivity index (χ3n) is 3.98. The minimum atomic E-state index is -0.403. The van der Waals surface area contributed by atoms with Crippen LogP contribution < -0.4 is 10.1 Å². The molecule has 1 aliphatic carbocycles. The third-order valence-corrected chi connectivity index (χ3v) is 4.93. The lowest BCUT2D eigenvalue weighted by atomic mass is 10.1. The van der Waals surface area contributed by atoms with Gasteiger partial charge < -0.3 is 10.1 Å². The molecule has 3 rings (SSSR count). The first-order valence-electron chi connectivity index (χ1n) is 8.26. The zero-order valence-corrected chi connectivity index (χ0v) is 16.4. The van der Waals surface area contributed by atoms with E-state index in [4.69, 9.17) is 39.5 Å². The topological polar surface area (TPSA) is 62.1 Å². The number of nitriles is 1. The summed E-state index contributed by atoms with van der Waals surface area (Å²) in [7, 11) is 0. The molecular weight excluding hydrogens is 407 g/mol. The normalized spacial score (nSPS) is 13.8. The van der Waals surface area contributed by atoms with Gasteiger partial charge in [-0.15, -0.1) is 0 Å². The van der Waals surface area contributed by atoms with E-state index in [1.165, 1.54) is 6.08 Å². The van der Waals surface area contributed by atoms with E-state index in [9.17, 15) is 10.1 Å². The lowest BCUT2D eigenvalue weighted by Gasteiger charge is -2.12. The highest BCUT2D eigenvalue weighted by molar-refractivity contribution is 6.36. The Labute approximate surface area is 172 Å². The second-order valence-electron chi connectivity index (χ2n) is 6.09. The predicted octanol–water partition coefficient (Wildman–Crippen LogP) is 5.41. The molecule has 138 valence electrons. The van der Waals surface area contributed by atoms with E-state index < -0.39 is 5.91 Å². The van der Waals surface area contributed by atoms with Crippen LogP contribution in [0, 0.1) is 11.3 Å². The van der Waals surface area contributed by atoms with Gasteiger partial charge in [0.2, 0.25) is 0 Å². The first-order chi connectivity index (χ1) is 13.0. The molecule has 7 heteroatoms. The highest BCUT2D eigenvalue weighted by Crippen LogP contribution is 2.29. The van der Waals surface area contributed by atoms with E-state index in [2.05, 4.69) is 5.32 Å². The van der Waals surface area contributed by atoms with Gasteiger partial charge in [0.15, 0.2) is 0 Å². The summed E-state index contributed by atoms with van der Waals surface area (Å²) in [5.74, 6) is 0.0578. The van der Waals surface area contributed by atoms with E-state index in [0.29, 0.717) is 31.9 Å². The number of rotatable bonds is 6. The Morgan fingerprint density at radius 2 is 1.93 bits per heavy atom. The maximum absolute atomic E-state index is 12.2. The van der Waals surface area contributed by atoms with Crippen molar-refractivity contribution in [2.24, 2.45) is 0 Å². The molecular formula is C20H15Cl3N2O2. The summed E-state index contributed by atoms with van der Waals surface area (Å²) in [5, 5.41) is 13.6. The van der Waals surface area contributed by atoms with Crippen molar-refractivity contribution in [2.45, 2.75) is 25.5 Å². The number of ether oxygens (including phenoxy) is 1. The van der Waals surface area contributed by atoms with Crippen molar-refractivity contribution in [3.8, 4) is 11.8 Å². The van der Waals surface area contributed by atoms with Gasteiger partial charge in [0.25, 0.3) is 5.91 Å². The zero-order chi connectivity index (χ0) is 19.4.